The first-order valence-electron chi connectivity index (χ1n) is 4.42. The molecule has 1 heterocycles. The topological polar surface area (TPSA) is 41.1 Å². The molecule has 0 saturated carbocycles. The summed E-state index contributed by atoms with van der Waals surface area (Å²) in [5.41, 5.74) is 0.689. The molecule has 1 aromatic rings. The van der Waals surface area contributed by atoms with Crippen molar-refractivity contribution in [1.82, 2.24) is 5.32 Å². The Balaban J connectivity index is 2.46. The van der Waals surface area contributed by atoms with E-state index in [2.05, 4.69) is 10.6 Å². The van der Waals surface area contributed by atoms with Gasteiger partial charge in [0.1, 0.15) is 0 Å². The highest BCUT2D eigenvalue weighted by atomic mass is 32.1. The minimum atomic E-state index is -2.35. The Labute approximate surface area is 90.5 Å². The highest BCUT2D eigenvalue weighted by Crippen LogP contribution is 2.21. The SMILES string of the molecule is CC(=O)Nc1ccsc1CNCC(F)F. The molecule has 0 saturated heterocycles. The van der Waals surface area contributed by atoms with Crippen LogP contribution >= 0.6 is 11.3 Å². The summed E-state index contributed by atoms with van der Waals surface area (Å²) in [7, 11) is 0. The maximum Gasteiger partial charge on any atom is 0.250 e. The maximum atomic E-state index is 11.8. The van der Waals surface area contributed by atoms with Gasteiger partial charge in [-0.2, -0.15) is 0 Å². The van der Waals surface area contributed by atoms with Crippen LogP contribution in [0.5, 0.6) is 0 Å². The van der Waals surface area contributed by atoms with Gasteiger partial charge in [-0.25, -0.2) is 8.78 Å². The minimum Gasteiger partial charge on any atom is -0.325 e. The van der Waals surface area contributed by atoms with E-state index in [1.807, 2.05) is 5.38 Å². The number of carbonyl (C=O) groups excluding carboxylic acids is 1. The summed E-state index contributed by atoms with van der Waals surface area (Å²) in [6.07, 6.45) is -2.35. The van der Waals surface area contributed by atoms with Gasteiger partial charge in [0, 0.05) is 18.3 Å². The molecule has 0 aromatic carbocycles. The molecule has 1 amide bonds. The van der Waals surface area contributed by atoms with Gasteiger partial charge >= 0.3 is 0 Å². The van der Waals surface area contributed by atoms with Gasteiger partial charge in [-0.3, -0.25) is 4.79 Å². The number of hydrogen-bond donors (Lipinski definition) is 2. The lowest BCUT2D eigenvalue weighted by atomic mass is 10.3. The number of anilines is 1. The second-order valence-electron chi connectivity index (χ2n) is 2.96. The summed E-state index contributed by atoms with van der Waals surface area (Å²) in [6.45, 7) is 1.42. The molecule has 0 bridgehead atoms. The Morgan fingerprint density at radius 1 is 1.60 bits per heavy atom. The fourth-order valence-corrected chi connectivity index (χ4v) is 1.87. The van der Waals surface area contributed by atoms with Crippen LogP contribution in [-0.4, -0.2) is 18.9 Å². The molecule has 0 radical (unpaired) electrons. The third-order valence-electron chi connectivity index (χ3n) is 1.64. The number of thiophene rings is 1. The summed E-state index contributed by atoms with van der Waals surface area (Å²) >= 11 is 1.42. The molecular weight excluding hydrogens is 222 g/mol. The van der Waals surface area contributed by atoms with Crippen molar-refractivity contribution in [2.24, 2.45) is 0 Å². The molecular formula is C9H12F2N2OS. The number of alkyl halides is 2. The first-order valence-corrected chi connectivity index (χ1v) is 5.30. The van der Waals surface area contributed by atoms with E-state index in [4.69, 9.17) is 0 Å². The number of hydrogen-bond acceptors (Lipinski definition) is 3. The molecule has 0 fully saturated rings. The van der Waals surface area contributed by atoms with Crippen molar-refractivity contribution in [3.05, 3.63) is 16.3 Å². The predicted molar refractivity (Wildman–Crippen MR) is 56.3 cm³/mol. The van der Waals surface area contributed by atoms with Crippen LogP contribution < -0.4 is 10.6 Å². The normalized spacial score (nSPS) is 10.7. The Hall–Kier alpha value is -1.01. The quantitative estimate of drug-likeness (QED) is 0.818. The van der Waals surface area contributed by atoms with Crippen LogP contribution in [0.4, 0.5) is 14.5 Å². The largest absolute Gasteiger partial charge is 0.325 e. The lowest BCUT2D eigenvalue weighted by Crippen LogP contribution is -2.20. The highest BCUT2D eigenvalue weighted by molar-refractivity contribution is 7.10. The van der Waals surface area contributed by atoms with Gasteiger partial charge < -0.3 is 10.6 Å². The van der Waals surface area contributed by atoms with Crippen molar-refractivity contribution in [2.75, 3.05) is 11.9 Å². The number of nitrogens with one attached hydrogen (secondary N) is 2. The Morgan fingerprint density at radius 3 is 2.93 bits per heavy atom. The molecule has 0 aliphatic heterocycles. The molecule has 6 heteroatoms. The van der Waals surface area contributed by atoms with Crippen molar-refractivity contribution < 1.29 is 13.6 Å². The average Bonchev–Trinajstić information content (AvgIpc) is 2.51. The first-order chi connectivity index (χ1) is 7.09. The number of rotatable bonds is 5. The van der Waals surface area contributed by atoms with Gasteiger partial charge in [-0.15, -0.1) is 11.3 Å². The van der Waals surface area contributed by atoms with Gasteiger partial charge in [0.25, 0.3) is 6.43 Å². The molecule has 0 unspecified atom stereocenters. The minimum absolute atomic E-state index is 0.163. The summed E-state index contributed by atoms with van der Waals surface area (Å²) < 4.78 is 23.7. The maximum absolute atomic E-state index is 11.8. The molecule has 84 valence electrons. The first kappa shape index (κ1) is 12.1. The second kappa shape index (κ2) is 5.77. The molecule has 0 aliphatic rings. The Kier molecular flexibility index (Phi) is 4.64. The van der Waals surface area contributed by atoms with Gasteiger partial charge in [-0.1, -0.05) is 0 Å². The predicted octanol–water partition coefficient (Wildman–Crippen LogP) is 2.06. The molecule has 0 aliphatic carbocycles. The van der Waals surface area contributed by atoms with Crippen molar-refractivity contribution in [2.45, 2.75) is 19.9 Å². The van der Waals surface area contributed by atoms with Crippen molar-refractivity contribution >= 4 is 22.9 Å². The monoisotopic (exact) mass is 234 g/mol. The smallest absolute Gasteiger partial charge is 0.250 e. The standard InChI is InChI=1S/C9H12F2N2OS/c1-6(14)13-7-2-3-15-8(7)4-12-5-9(10)11/h2-3,9,12H,4-5H2,1H3,(H,13,14). The summed E-state index contributed by atoms with van der Waals surface area (Å²) in [6, 6.07) is 1.76. The molecule has 0 spiro atoms. The van der Waals surface area contributed by atoms with Gasteiger partial charge in [-0.05, 0) is 11.4 Å². The van der Waals surface area contributed by atoms with Crippen molar-refractivity contribution in [1.29, 1.82) is 0 Å². The highest BCUT2D eigenvalue weighted by Gasteiger charge is 2.06. The van der Waals surface area contributed by atoms with Crippen LogP contribution in [0.25, 0.3) is 0 Å². The Morgan fingerprint density at radius 2 is 2.33 bits per heavy atom. The fraction of sp³-hybridized carbons (Fsp3) is 0.444. The third kappa shape index (κ3) is 4.35. The molecule has 1 rings (SSSR count). The van der Waals surface area contributed by atoms with E-state index in [0.29, 0.717) is 12.2 Å². The summed E-state index contributed by atoms with van der Waals surface area (Å²) in [5, 5.41) is 7.06. The number of halogens is 2. The zero-order valence-electron chi connectivity index (χ0n) is 8.22. The number of carbonyl (C=O) groups is 1. The van der Waals surface area contributed by atoms with E-state index in [-0.39, 0.29) is 12.5 Å². The summed E-state index contributed by atoms with van der Waals surface area (Å²) in [4.78, 5) is 11.7. The van der Waals surface area contributed by atoms with E-state index in [9.17, 15) is 13.6 Å². The second-order valence-corrected chi connectivity index (χ2v) is 3.96. The van der Waals surface area contributed by atoms with Gasteiger partial charge in [0.15, 0.2) is 0 Å². The molecule has 3 nitrogen and oxygen atoms in total. The lowest BCUT2D eigenvalue weighted by Gasteiger charge is -2.05. The van der Waals surface area contributed by atoms with E-state index in [1.165, 1.54) is 18.3 Å². The average molecular weight is 234 g/mol. The van der Waals surface area contributed by atoms with Gasteiger partial charge in [0.2, 0.25) is 5.91 Å². The molecule has 2 N–H and O–H groups in total. The van der Waals surface area contributed by atoms with Gasteiger partial charge in [0.05, 0.1) is 12.2 Å². The zero-order chi connectivity index (χ0) is 11.3. The van der Waals surface area contributed by atoms with E-state index >= 15 is 0 Å². The van der Waals surface area contributed by atoms with Crippen LogP contribution in [0.15, 0.2) is 11.4 Å². The third-order valence-corrected chi connectivity index (χ3v) is 2.56. The Bertz CT molecular complexity index is 328. The lowest BCUT2D eigenvalue weighted by molar-refractivity contribution is -0.114. The van der Waals surface area contributed by atoms with Crippen molar-refractivity contribution in [3.8, 4) is 0 Å². The van der Waals surface area contributed by atoms with Crippen LogP contribution in [0.3, 0.4) is 0 Å². The van der Waals surface area contributed by atoms with E-state index < -0.39 is 6.43 Å². The van der Waals surface area contributed by atoms with Crippen molar-refractivity contribution in [3.63, 3.8) is 0 Å². The van der Waals surface area contributed by atoms with E-state index in [0.717, 1.165) is 4.88 Å². The summed E-state index contributed by atoms with van der Waals surface area (Å²) in [5.74, 6) is -0.163. The molecule has 15 heavy (non-hydrogen) atoms. The van der Waals surface area contributed by atoms with Crippen LogP contribution in [0, 0.1) is 0 Å². The van der Waals surface area contributed by atoms with Crippen LogP contribution in [-0.2, 0) is 11.3 Å². The van der Waals surface area contributed by atoms with E-state index in [1.54, 1.807) is 6.07 Å². The molecule has 1 aromatic heterocycles. The van der Waals surface area contributed by atoms with Crippen LogP contribution in [0.1, 0.15) is 11.8 Å². The fourth-order valence-electron chi connectivity index (χ4n) is 1.07. The number of amides is 1. The van der Waals surface area contributed by atoms with Crippen LogP contribution in [0.2, 0.25) is 0 Å². The zero-order valence-corrected chi connectivity index (χ0v) is 9.04. The molecule has 0 atom stereocenters.